The van der Waals surface area contributed by atoms with Gasteiger partial charge in [0, 0.05) is 10.5 Å². The summed E-state index contributed by atoms with van der Waals surface area (Å²) in [5.41, 5.74) is 6.75. The Morgan fingerprint density at radius 3 is 2.62 bits per heavy atom. The topological polar surface area (TPSA) is 35.2 Å². The zero-order valence-electron chi connectivity index (χ0n) is 7.47. The highest BCUT2D eigenvalue weighted by atomic mass is 79.9. The first-order valence-corrected chi connectivity index (χ1v) is 5.02. The summed E-state index contributed by atoms with van der Waals surface area (Å²) in [5.74, 6) is 0.650. The first kappa shape index (κ1) is 10.8. The molecule has 13 heavy (non-hydrogen) atoms. The number of rotatable bonds is 2. The van der Waals surface area contributed by atoms with Gasteiger partial charge < -0.3 is 10.5 Å². The van der Waals surface area contributed by atoms with Gasteiger partial charge in [0.2, 0.25) is 0 Å². The molecule has 0 aromatic heterocycles. The third-order valence-electron chi connectivity index (χ3n) is 1.76. The second kappa shape index (κ2) is 4.31. The van der Waals surface area contributed by atoms with Gasteiger partial charge >= 0.3 is 0 Å². The highest BCUT2D eigenvalue weighted by Gasteiger charge is 2.09. The molecule has 0 saturated carbocycles. The summed E-state index contributed by atoms with van der Waals surface area (Å²) >= 11 is 9.30. The van der Waals surface area contributed by atoms with E-state index < -0.39 is 0 Å². The van der Waals surface area contributed by atoms with Crippen molar-refractivity contribution in [2.45, 2.75) is 13.0 Å². The van der Waals surface area contributed by atoms with E-state index in [1.54, 1.807) is 13.2 Å². The lowest BCUT2D eigenvalue weighted by molar-refractivity contribution is 0.414. The molecule has 0 aliphatic heterocycles. The van der Waals surface area contributed by atoms with Gasteiger partial charge in [-0.2, -0.15) is 0 Å². The number of methoxy groups -OCH3 is 1. The molecule has 4 heteroatoms. The van der Waals surface area contributed by atoms with Crippen molar-refractivity contribution in [3.05, 3.63) is 27.2 Å². The van der Waals surface area contributed by atoms with Crippen LogP contribution in [0.25, 0.3) is 0 Å². The molecule has 0 amide bonds. The maximum Gasteiger partial charge on any atom is 0.137 e. The van der Waals surface area contributed by atoms with Gasteiger partial charge in [-0.05, 0) is 24.6 Å². The van der Waals surface area contributed by atoms with Crippen LogP contribution in [-0.4, -0.2) is 7.11 Å². The van der Waals surface area contributed by atoms with Gasteiger partial charge in [-0.15, -0.1) is 0 Å². The van der Waals surface area contributed by atoms with Gasteiger partial charge in [-0.1, -0.05) is 27.5 Å². The van der Waals surface area contributed by atoms with Crippen LogP contribution >= 0.6 is 27.5 Å². The van der Waals surface area contributed by atoms with Crippen molar-refractivity contribution in [2.24, 2.45) is 5.73 Å². The molecule has 1 atom stereocenters. The van der Waals surface area contributed by atoms with E-state index in [-0.39, 0.29) is 6.04 Å². The monoisotopic (exact) mass is 263 g/mol. The Kier molecular flexibility index (Phi) is 3.59. The number of ether oxygens (including phenoxy) is 1. The molecule has 72 valence electrons. The summed E-state index contributed by atoms with van der Waals surface area (Å²) in [6.45, 7) is 1.91. The van der Waals surface area contributed by atoms with E-state index in [4.69, 9.17) is 22.1 Å². The van der Waals surface area contributed by atoms with Crippen LogP contribution in [0.3, 0.4) is 0 Å². The third-order valence-corrected chi connectivity index (χ3v) is 2.74. The highest BCUT2D eigenvalue weighted by molar-refractivity contribution is 9.10. The summed E-state index contributed by atoms with van der Waals surface area (Å²) in [6, 6.07) is 3.59. The van der Waals surface area contributed by atoms with Crippen molar-refractivity contribution in [1.82, 2.24) is 0 Å². The van der Waals surface area contributed by atoms with E-state index in [1.165, 1.54) is 0 Å². The normalized spacial score (nSPS) is 12.7. The maximum absolute atomic E-state index is 5.91. The zero-order valence-corrected chi connectivity index (χ0v) is 9.82. The standard InChI is InChI=1S/C9H11BrClNO/c1-5(12)6-3-9(13-2)8(11)4-7(6)10/h3-5H,12H2,1-2H3. The van der Waals surface area contributed by atoms with Gasteiger partial charge in [0.25, 0.3) is 0 Å². The largest absolute Gasteiger partial charge is 0.495 e. The molecule has 0 fully saturated rings. The van der Waals surface area contributed by atoms with Crippen molar-refractivity contribution in [1.29, 1.82) is 0 Å². The Labute approximate surface area is 91.2 Å². The smallest absolute Gasteiger partial charge is 0.137 e. The number of halogens is 2. The van der Waals surface area contributed by atoms with Crippen molar-refractivity contribution in [2.75, 3.05) is 7.11 Å². The van der Waals surface area contributed by atoms with Crippen LogP contribution in [-0.2, 0) is 0 Å². The fourth-order valence-electron chi connectivity index (χ4n) is 1.05. The Morgan fingerprint density at radius 1 is 1.54 bits per heavy atom. The Balaban J connectivity index is 3.22. The highest BCUT2D eigenvalue weighted by Crippen LogP contribution is 2.33. The van der Waals surface area contributed by atoms with Crippen LogP contribution in [0, 0.1) is 0 Å². The summed E-state index contributed by atoms with van der Waals surface area (Å²) in [4.78, 5) is 0. The second-order valence-electron chi connectivity index (χ2n) is 2.80. The van der Waals surface area contributed by atoms with Gasteiger partial charge in [-0.3, -0.25) is 0 Å². The van der Waals surface area contributed by atoms with Crippen LogP contribution in [0.5, 0.6) is 5.75 Å². The molecule has 0 heterocycles. The molecule has 1 rings (SSSR count). The first-order valence-electron chi connectivity index (χ1n) is 3.84. The van der Waals surface area contributed by atoms with Crippen molar-refractivity contribution >= 4 is 27.5 Å². The zero-order chi connectivity index (χ0) is 10.0. The summed E-state index contributed by atoms with van der Waals surface area (Å²) in [6.07, 6.45) is 0. The molecule has 1 unspecified atom stereocenters. The van der Waals surface area contributed by atoms with E-state index in [0.29, 0.717) is 10.8 Å². The molecular weight excluding hydrogens is 253 g/mol. The lowest BCUT2D eigenvalue weighted by Gasteiger charge is -2.11. The van der Waals surface area contributed by atoms with E-state index in [0.717, 1.165) is 10.0 Å². The SMILES string of the molecule is COc1cc(C(C)N)c(Br)cc1Cl. The van der Waals surface area contributed by atoms with Gasteiger partial charge in [0.05, 0.1) is 12.1 Å². The number of hydrogen-bond acceptors (Lipinski definition) is 2. The molecule has 0 aliphatic carbocycles. The van der Waals surface area contributed by atoms with Crippen LogP contribution in [0.15, 0.2) is 16.6 Å². The lowest BCUT2D eigenvalue weighted by atomic mass is 10.1. The summed E-state index contributed by atoms with van der Waals surface area (Å²) < 4.78 is 5.99. The van der Waals surface area contributed by atoms with Crippen LogP contribution in [0.4, 0.5) is 0 Å². The minimum Gasteiger partial charge on any atom is -0.495 e. The van der Waals surface area contributed by atoms with Gasteiger partial charge in [0.1, 0.15) is 5.75 Å². The maximum atomic E-state index is 5.91. The van der Waals surface area contributed by atoms with Gasteiger partial charge in [0.15, 0.2) is 0 Å². The average molecular weight is 265 g/mol. The first-order chi connectivity index (χ1) is 6.06. The summed E-state index contributed by atoms with van der Waals surface area (Å²) in [5, 5.41) is 0.582. The minimum atomic E-state index is -0.0412. The predicted molar refractivity (Wildman–Crippen MR) is 58.3 cm³/mol. The molecule has 2 N–H and O–H groups in total. The van der Waals surface area contributed by atoms with Gasteiger partial charge in [-0.25, -0.2) is 0 Å². The fraction of sp³-hybridized carbons (Fsp3) is 0.333. The number of benzene rings is 1. The quantitative estimate of drug-likeness (QED) is 0.891. The van der Waals surface area contributed by atoms with Crippen molar-refractivity contribution in [3.63, 3.8) is 0 Å². The average Bonchev–Trinajstić information content (AvgIpc) is 2.03. The molecule has 0 radical (unpaired) electrons. The van der Waals surface area contributed by atoms with Crippen LogP contribution in [0.2, 0.25) is 5.02 Å². The molecule has 0 bridgehead atoms. The van der Waals surface area contributed by atoms with Crippen molar-refractivity contribution in [3.8, 4) is 5.75 Å². The predicted octanol–water partition coefficient (Wildman–Crippen LogP) is 3.13. The second-order valence-corrected chi connectivity index (χ2v) is 4.06. The Bertz CT molecular complexity index is 315. The van der Waals surface area contributed by atoms with Crippen LogP contribution < -0.4 is 10.5 Å². The summed E-state index contributed by atoms with van der Waals surface area (Å²) in [7, 11) is 1.58. The van der Waals surface area contributed by atoms with Crippen molar-refractivity contribution < 1.29 is 4.74 Å². The number of nitrogens with two attached hydrogens (primary N) is 1. The molecule has 0 saturated heterocycles. The third kappa shape index (κ3) is 2.36. The van der Waals surface area contributed by atoms with E-state index in [9.17, 15) is 0 Å². The van der Waals surface area contributed by atoms with Crippen LogP contribution in [0.1, 0.15) is 18.5 Å². The Morgan fingerprint density at radius 2 is 2.15 bits per heavy atom. The molecule has 1 aromatic rings. The molecule has 2 nitrogen and oxygen atoms in total. The van der Waals surface area contributed by atoms with E-state index >= 15 is 0 Å². The molecule has 0 spiro atoms. The molecule has 0 aliphatic rings. The fourth-order valence-corrected chi connectivity index (χ4v) is 2.13. The Hall–Kier alpha value is -0.250. The van der Waals surface area contributed by atoms with E-state index in [1.807, 2.05) is 13.0 Å². The molecule has 1 aromatic carbocycles. The minimum absolute atomic E-state index is 0.0412. The lowest BCUT2D eigenvalue weighted by Crippen LogP contribution is -2.06. The molecular formula is C9H11BrClNO. The number of hydrogen-bond donors (Lipinski definition) is 1. The van der Waals surface area contributed by atoms with E-state index in [2.05, 4.69) is 15.9 Å².